The van der Waals surface area contributed by atoms with Gasteiger partial charge < -0.3 is 5.73 Å². The van der Waals surface area contributed by atoms with Crippen LogP contribution in [0.1, 0.15) is 22.7 Å². The van der Waals surface area contributed by atoms with Gasteiger partial charge in [0.25, 0.3) is 0 Å². The van der Waals surface area contributed by atoms with Gasteiger partial charge >= 0.3 is 0 Å². The SMILES string of the molecule is Nc1cccc(C(CS(=O)(=O)CC2Cc3ccccc3C2)N(O)C=O)c1. The third-order valence-corrected chi connectivity index (χ3v) is 6.56. The van der Waals surface area contributed by atoms with Gasteiger partial charge in [-0.1, -0.05) is 36.4 Å². The fourth-order valence-electron chi connectivity index (χ4n) is 3.60. The summed E-state index contributed by atoms with van der Waals surface area (Å²) in [5.41, 5.74) is 9.05. The maximum atomic E-state index is 12.7. The molecule has 1 amide bonds. The Labute approximate surface area is 153 Å². The molecular formula is C19H22N2O4S. The quantitative estimate of drug-likeness (QED) is 0.334. The summed E-state index contributed by atoms with van der Waals surface area (Å²) in [6, 6.07) is 13.5. The minimum absolute atomic E-state index is 0.0160. The molecular weight excluding hydrogens is 352 g/mol. The molecule has 0 radical (unpaired) electrons. The van der Waals surface area contributed by atoms with E-state index in [-0.39, 0.29) is 23.8 Å². The molecule has 0 saturated heterocycles. The number of carbonyl (C=O) groups is 1. The van der Waals surface area contributed by atoms with Crippen LogP contribution in [0.15, 0.2) is 48.5 Å². The molecule has 1 atom stereocenters. The fraction of sp³-hybridized carbons (Fsp3) is 0.316. The molecule has 1 unspecified atom stereocenters. The molecule has 0 heterocycles. The molecule has 0 spiro atoms. The van der Waals surface area contributed by atoms with E-state index in [1.54, 1.807) is 24.3 Å². The van der Waals surface area contributed by atoms with Crippen molar-refractivity contribution >= 4 is 21.9 Å². The fourth-order valence-corrected chi connectivity index (χ4v) is 5.52. The predicted molar refractivity (Wildman–Crippen MR) is 99.3 cm³/mol. The Morgan fingerprint density at radius 1 is 1.15 bits per heavy atom. The van der Waals surface area contributed by atoms with Gasteiger partial charge in [-0.05, 0) is 47.6 Å². The first-order valence-corrected chi connectivity index (χ1v) is 10.3. The van der Waals surface area contributed by atoms with Gasteiger partial charge in [0.2, 0.25) is 6.41 Å². The summed E-state index contributed by atoms with van der Waals surface area (Å²) in [7, 11) is -3.50. The van der Waals surface area contributed by atoms with Gasteiger partial charge in [-0.2, -0.15) is 0 Å². The molecule has 1 aliphatic rings. The maximum Gasteiger partial charge on any atom is 0.233 e. The van der Waals surface area contributed by atoms with E-state index in [1.165, 1.54) is 11.1 Å². The molecule has 26 heavy (non-hydrogen) atoms. The van der Waals surface area contributed by atoms with E-state index in [0.29, 0.717) is 16.3 Å². The molecule has 0 aliphatic heterocycles. The number of hydrogen-bond acceptors (Lipinski definition) is 5. The second-order valence-corrected chi connectivity index (χ2v) is 8.95. The summed E-state index contributed by atoms with van der Waals surface area (Å²) in [6.45, 7) is 0. The summed E-state index contributed by atoms with van der Waals surface area (Å²) in [6.07, 6.45) is 1.68. The van der Waals surface area contributed by atoms with Crippen LogP contribution in [-0.4, -0.2) is 36.6 Å². The molecule has 138 valence electrons. The molecule has 1 aliphatic carbocycles. The first-order chi connectivity index (χ1) is 12.4. The molecule has 0 fully saturated rings. The van der Waals surface area contributed by atoms with Crippen LogP contribution < -0.4 is 5.73 Å². The van der Waals surface area contributed by atoms with Gasteiger partial charge in [-0.3, -0.25) is 10.0 Å². The minimum Gasteiger partial charge on any atom is -0.399 e. The van der Waals surface area contributed by atoms with Gasteiger partial charge in [0.05, 0.1) is 17.5 Å². The van der Waals surface area contributed by atoms with E-state index < -0.39 is 15.9 Å². The molecule has 0 bridgehead atoms. The van der Waals surface area contributed by atoms with E-state index in [0.717, 1.165) is 12.8 Å². The van der Waals surface area contributed by atoms with Crippen molar-refractivity contribution in [3.05, 3.63) is 65.2 Å². The lowest BCUT2D eigenvalue weighted by Gasteiger charge is -2.23. The number of nitrogens with two attached hydrogens (primary N) is 1. The van der Waals surface area contributed by atoms with Gasteiger partial charge in [-0.15, -0.1) is 0 Å². The smallest absolute Gasteiger partial charge is 0.233 e. The number of rotatable bonds is 7. The van der Waals surface area contributed by atoms with Crippen LogP contribution in [-0.2, 0) is 27.5 Å². The summed E-state index contributed by atoms with van der Waals surface area (Å²) in [5.74, 6) is -0.312. The zero-order valence-electron chi connectivity index (χ0n) is 14.3. The van der Waals surface area contributed by atoms with Crippen molar-refractivity contribution < 1.29 is 18.4 Å². The predicted octanol–water partition coefficient (Wildman–Crippen LogP) is 1.99. The molecule has 3 N–H and O–H groups in total. The second kappa shape index (κ2) is 7.47. The topological polar surface area (TPSA) is 101 Å². The number of nitrogens with zero attached hydrogens (tertiary/aromatic N) is 1. The van der Waals surface area contributed by atoms with Gasteiger partial charge in [0, 0.05) is 5.69 Å². The maximum absolute atomic E-state index is 12.7. The Morgan fingerprint density at radius 2 is 1.81 bits per heavy atom. The van der Waals surface area contributed by atoms with Crippen molar-refractivity contribution in [3.63, 3.8) is 0 Å². The third-order valence-electron chi connectivity index (χ3n) is 4.76. The number of anilines is 1. The number of hydrogen-bond donors (Lipinski definition) is 2. The molecule has 3 rings (SSSR count). The third kappa shape index (κ3) is 4.23. The molecule has 2 aromatic carbocycles. The van der Waals surface area contributed by atoms with Crippen LogP contribution in [0.2, 0.25) is 0 Å². The molecule has 6 nitrogen and oxygen atoms in total. The van der Waals surface area contributed by atoms with Crippen molar-refractivity contribution in [1.29, 1.82) is 0 Å². The number of benzene rings is 2. The van der Waals surface area contributed by atoms with Crippen LogP contribution in [0.3, 0.4) is 0 Å². The highest BCUT2D eigenvalue weighted by atomic mass is 32.2. The molecule has 7 heteroatoms. The second-order valence-electron chi connectivity index (χ2n) is 6.79. The van der Waals surface area contributed by atoms with Gasteiger partial charge in [0.1, 0.15) is 0 Å². The lowest BCUT2D eigenvalue weighted by atomic mass is 10.1. The average molecular weight is 374 g/mol. The average Bonchev–Trinajstić information content (AvgIpc) is 3.00. The largest absolute Gasteiger partial charge is 0.399 e. The summed E-state index contributed by atoms with van der Waals surface area (Å²) < 4.78 is 25.5. The number of sulfone groups is 1. The minimum atomic E-state index is -3.50. The van der Waals surface area contributed by atoms with Gasteiger partial charge in [0.15, 0.2) is 9.84 Å². The van der Waals surface area contributed by atoms with Crippen molar-refractivity contribution in [2.24, 2.45) is 5.92 Å². The lowest BCUT2D eigenvalue weighted by molar-refractivity contribution is -0.158. The van der Waals surface area contributed by atoms with E-state index >= 15 is 0 Å². The summed E-state index contributed by atoms with van der Waals surface area (Å²) in [4.78, 5) is 11.0. The Hall–Kier alpha value is -2.38. The van der Waals surface area contributed by atoms with Crippen molar-refractivity contribution in [2.75, 3.05) is 17.2 Å². The number of fused-ring (bicyclic) bond motifs is 1. The highest BCUT2D eigenvalue weighted by Crippen LogP contribution is 2.29. The summed E-state index contributed by atoms with van der Waals surface area (Å²) in [5, 5.41) is 10.3. The van der Waals surface area contributed by atoms with Gasteiger partial charge in [-0.25, -0.2) is 13.5 Å². The first kappa shape index (κ1) is 18.4. The zero-order valence-corrected chi connectivity index (χ0v) is 15.1. The number of nitrogen functional groups attached to an aromatic ring is 1. The Kier molecular flexibility index (Phi) is 5.29. The molecule has 0 aromatic heterocycles. The van der Waals surface area contributed by atoms with E-state index in [4.69, 9.17) is 5.73 Å². The van der Waals surface area contributed by atoms with E-state index in [9.17, 15) is 18.4 Å². The van der Waals surface area contributed by atoms with Crippen molar-refractivity contribution in [1.82, 2.24) is 5.06 Å². The van der Waals surface area contributed by atoms with Crippen LogP contribution in [0.5, 0.6) is 0 Å². The summed E-state index contributed by atoms with van der Waals surface area (Å²) >= 11 is 0. The van der Waals surface area contributed by atoms with Crippen LogP contribution in [0.25, 0.3) is 0 Å². The number of carbonyl (C=O) groups excluding carboxylic acids is 1. The normalized spacial score (nSPS) is 15.4. The van der Waals surface area contributed by atoms with E-state index in [2.05, 4.69) is 0 Å². The zero-order chi connectivity index (χ0) is 18.7. The lowest BCUT2D eigenvalue weighted by Crippen LogP contribution is -2.32. The standard InChI is InChI=1S/C19H22N2O4S/c20-18-7-3-6-17(10-18)19(21(23)13-22)12-26(24,25)11-14-8-15-4-1-2-5-16(15)9-14/h1-7,10,13-14,19,23H,8-9,11-12,20H2. The Morgan fingerprint density at radius 3 is 2.38 bits per heavy atom. The van der Waals surface area contributed by atoms with Crippen LogP contribution >= 0.6 is 0 Å². The number of hydroxylamine groups is 2. The number of amides is 1. The highest BCUT2D eigenvalue weighted by molar-refractivity contribution is 7.91. The van der Waals surface area contributed by atoms with E-state index in [1.807, 2.05) is 24.3 Å². The highest BCUT2D eigenvalue weighted by Gasteiger charge is 2.30. The molecule has 0 saturated carbocycles. The monoisotopic (exact) mass is 374 g/mol. The van der Waals surface area contributed by atoms with Crippen molar-refractivity contribution in [3.8, 4) is 0 Å². The van der Waals surface area contributed by atoms with Crippen molar-refractivity contribution in [2.45, 2.75) is 18.9 Å². The van der Waals surface area contributed by atoms with Crippen LogP contribution in [0.4, 0.5) is 5.69 Å². The Bertz CT molecular complexity index is 873. The Balaban J connectivity index is 1.75. The molecule has 2 aromatic rings. The first-order valence-electron chi connectivity index (χ1n) is 8.43. The van der Waals surface area contributed by atoms with Crippen LogP contribution in [0, 0.1) is 5.92 Å².